The first kappa shape index (κ1) is 15.3. The Balaban J connectivity index is 0.000000437. The molecule has 4 heteroatoms. The van der Waals surface area contributed by atoms with Gasteiger partial charge in [0.05, 0.1) is 25.7 Å². The molecule has 0 amide bonds. The summed E-state index contributed by atoms with van der Waals surface area (Å²) < 4.78 is 5.47. The molecule has 1 aromatic rings. The van der Waals surface area contributed by atoms with E-state index in [0.717, 1.165) is 18.0 Å². The number of nitrogens with two attached hydrogens (primary N) is 1. The van der Waals surface area contributed by atoms with Crippen molar-refractivity contribution in [3.05, 3.63) is 24.3 Å². The highest BCUT2D eigenvalue weighted by molar-refractivity contribution is 5.43. The van der Waals surface area contributed by atoms with Gasteiger partial charge in [-0.1, -0.05) is 19.9 Å². The summed E-state index contributed by atoms with van der Waals surface area (Å²) in [5.74, 6) is 1.40. The first-order valence-electron chi connectivity index (χ1n) is 5.56. The molecule has 0 spiro atoms. The van der Waals surface area contributed by atoms with Gasteiger partial charge in [-0.3, -0.25) is 0 Å². The van der Waals surface area contributed by atoms with Crippen LogP contribution >= 0.6 is 0 Å². The quantitative estimate of drug-likeness (QED) is 0.785. The molecule has 0 saturated heterocycles. The van der Waals surface area contributed by atoms with E-state index >= 15 is 0 Å². The lowest BCUT2D eigenvalue weighted by Gasteiger charge is -2.08. The molecule has 0 saturated carbocycles. The van der Waals surface area contributed by atoms with Crippen LogP contribution in [0.1, 0.15) is 20.3 Å². The summed E-state index contributed by atoms with van der Waals surface area (Å²) in [5.41, 5.74) is 6.33. The molecule has 0 bridgehead atoms. The Morgan fingerprint density at radius 1 is 1.47 bits per heavy atom. The van der Waals surface area contributed by atoms with E-state index in [2.05, 4.69) is 13.8 Å². The summed E-state index contributed by atoms with van der Waals surface area (Å²) >= 11 is 0. The molecule has 0 aliphatic rings. The molecule has 0 heterocycles. The van der Waals surface area contributed by atoms with Gasteiger partial charge in [-0.2, -0.15) is 5.26 Å². The van der Waals surface area contributed by atoms with Crippen LogP contribution in [0.25, 0.3) is 0 Å². The standard InChI is InChI=1S/C10H15NO.C3H5NO/c1-8(2)7-12-10-5-3-4-9(11)6-10;4-2-1-3-5/h3-6,8H,7,11H2,1-2H3;5H,1,3H2. The normalized spacial score (nSPS) is 9.12. The molecule has 4 nitrogen and oxygen atoms in total. The number of nitrogen functional groups attached to an aromatic ring is 1. The van der Waals surface area contributed by atoms with Crippen LogP contribution in [0.5, 0.6) is 5.75 Å². The summed E-state index contributed by atoms with van der Waals surface area (Å²) in [6.07, 6.45) is 0.250. The third-order valence-corrected chi connectivity index (χ3v) is 1.67. The zero-order valence-corrected chi connectivity index (χ0v) is 10.4. The summed E-state index contributed by atoms with van der Waals surface area (Å²) in [6.45, 7) is 4.96. The van der Waals surface area contributed by atoms with E-state index in [1.54, 1.807) is 6.07 Å². The lowest BCUT2D eigenvalue weighted by atomic mass is 10.2. The minimum absolute atomic E-state index is 0.0174. The van der Waals surface area contributed by atoms with Gasteiger partial charge in [0, 0.05) is 11.8 Å². The topological polar surface area (TPSA) is 79.3 Å². The molecule has 17 heavy (non-hydrogen) atoms. The van der Waals surface area contributed by atoms with Gasteiger partial charge in [0.15, 0.2) is 0 Å². The number of hydrogen-bond acceptors (Lipinski definition) is 4. The fourth-order valence-corrected chi connectivity index (χ4v) is 0.917. The Kier molecular flexibility index (Phi) is 8.53. The first-order chi connectivity index (χ1) is 8.10. The van der Waals surface area contributed by atoms with Gasteiger partial charge < -0.3 is 15.6 Å². The fraction of sp³-hybridized carbons (Fsp3) is 0.462. The lowest BCUT2D eigenvalue weighted by molar-refractivity contribution is 0.271. The van der Waals surface area contributed by atoms with Crippen LogP contribution in [0, 0.1) is 17.2 Å². The Morgan fingerprint density at radius 3 is 2.59 bits per heavy atom. The molecular weight excluding hydrogens is 216 g/mol. The predicted octanol–water partition coefficient (Wildman–Crippen LogP) is 2.20. The SMILES string of the molecule is CC(C)COc1cccc(N)c1.N#CCCO. The van der Waals surface area contributed by atoms with Crippen LogP contribution in [-0.4, -0.2) is 18.3 Å². The number of aliphatic hydroxyl groups is 1. The second kappa shape index (κ2) is 9.49. The lowest BCUT2D eigenvalue weighted by Crippen LogP contribution is -2.04. The van der Waals surface area contributed by atoms with E-state index in [-0.39, 0.29) is 13.0 Å². The summed E-state index contributed by atoms with van der Waals surface area (Å²) in [4.78, 5) is 0. The minimum atomic E-state index is -0.0174. The van der Waals surface area contributed by atoms with Crippen molar-refractivity contribution in [1.82, 2.24) is 0 Å². The number of ether oxygens (including phenoxy) is 1. The highest BCUT2D eigenvalue weighted by Crippen LogP contribution is 2.14. The highest BCUT2D eigenvalue weighted by Gasteiger charge is 1.96. The Labute approximate surface area is 103 Å². The van der Waals surface area contributed by atoms with Crippen molar-refractivity contribution in [3.63, 3.8) is 0 Å². The Hall–Kier alpha value is -1.73. The maximum atomic E-state index is 7.84. The first-order valence-corrected chi connectivity index (χ1v) is 5.56. The fourth-order valence-electron chi connectivity index (χ4n) is 0.917. The number of nitriles is 1. The van der Waals surface area contributed by atoms with E-state index in [4.69, 9.17) is 20.8 Å². The Morgan fingerprint density at radius 2 is 2.18 bits per heavy atom. The molecule has 0 fully saturated rings. The number of hydrogen-bond donors (Lipinski definition) is 2. The predicted molar refractivity (Wildman–Crippen MR) is 68.5 cm³/mol. The second-order valence-electron chi connectivity index (χ2n) is 3.91. The van der Waals surface area contributed by atoms with Gasteiger partial charge in [-0.15, -0.1) is 0 Å². The zero-order valence-electron chi connectivity index (χ0n) is 10.4. The van der Waals surface area contributed by atoms with Crippen molar-refractivity contribution in [1.29, 1.82) is 5.26 Å². The smallest absolute Gasteiger partial charge is 0.121 e. The van der Waals surface area contributed by atoms with E-state index in [1.807, 2.05) is 24.3 Å². The highest BCUT2D eigenvalue weighted by atomic mass is 16.5. The van der Waals surface area contributed by atoms with Crippen molar-refractivity contribution >= 4 is 5.69 Å². The van der Waals surface area contributed by atoms with E-state index in [0.29, 0.717) is 5.92 Å². The minimum Gasteiger partial charge on any atom is -0.493 e. The van der Waals surface area contributed by atoms with E-state index in [1.165, 1.54) is 0 Å². The third kappa shape index (κ3) is 9.21. The zero-order chi connectivity index (χ0) is 13.1. The van der Waals surface area contributed by atoms with Crippen LogP contribution in [0.4, 0.5) is 5.69 Å². The molecule has 0 aromatic heterocycles. The average molecular weight is 236 g/mol. The largest absolute Gasteiger partial charge is 0.493 e. The summed E-state index contributed by atoms with van der Waals surface area (Å²) in [5, 5.41) is 15.5. The molecular formula is C13H20N2O2. The molecule has 0 aliphatic carbocycles. The average Bonchev–Trinajstić information content (AvgIpc) is 2.28. The van der Waals surface area contributed by atoms with Gasteiger partial charge in [0.25, 0.3) is 0 Å². The summed E-state index contributed by atoms with van der Waals surface area (Å²) in [6, 6.07) is 9.26. The van der Waals surface area contributed by atoms with Crippen molar-refractivity contribution in [2.24, 2.45) is 5.92 Å². The Bertz CT molecular complexity index is 346. The molecule has 0 unspecified atom stereocenters. The molecule has 3 N–H and O–H groups in total. The van der Waals surface area contributed by atoms with E-state index in [9.17, 15) is 0 Å². The number of benzene rings is 1. The van der Waals surface area contributed by atoms with Crippen molar-refractivity contribution < 1.29 is 9.84 Å². The van der Waals surface area contributed by atoms with Gasteiger partial charge in [-0.05, 0) is 18.1 Å². The number of nitrogens with zero attached hydrogens (tertiary/aromatic N) is 1. The maximum absolute atomic E-state index is 7.84. The third-order valence-electron chi connectivity index (χ3n) is 1.67. The van der Waals surface area contributed by atoms with Gasteiger partial charge in [0.1, 0.15) is 5.75 Å². The van der Waals surface area contributed by atoms with Crippen molar-refractivity contribution in [3.8, 4) is 11.8 Å². The van der Waals surface area contributed by atoms with Gasteiger partial charge in [-0.25, -0.2) is 0 Å². The summed E-state index contributed by atoms with van der Waals surface area (Å²) in [7, 11) is 0. The van der Waals surface area contributed by atoms with Crippen LogP contribution in [0.2, 0.25) is 0 Å². The van der Waals surface area contributed by atoms with Crippen LogP contribution in [0.3, 0.4) is 0 Å². The molecule has 1 aromatic carbocycles. The molecule has 0 aliphatic heterocycles. The van der Waals surface area contributed by atoms with Crippen molar-refractivity contribution in [2.45, 2.75) is 20.3 Å². The molecule has 1 rings (SSSR count). The number of anilines is 1. The molecule has 0 atom stereocenters. The van der Waals surface area contributed by atoms with Gasteiger partial charge in [0.2, 0.25) is 0 Å². The van der Waals surface area contributed by atoms with Gasteiger partial charge >= 0.3 is 0 Å². The van der Waals surface area contributed by atoms with Crippen molar-refractivity contribution in [2.75, 3.05) is 18.9 Å². The number of aliphatic hydroxyl groups excluding tert-OH is 1. The second-order valence-corrected chi connectivity index (χ2v) is 3.91. The molecule has 0 radical (unpaired) electrons. The van der Waals surface area contributed by atoms with Crippen LogP contribution in [-0.2, 0) is 0 Å². The van der Waals surface area contributed by atoms with Crippen LogP contribution in [0.15, 0.2) is 24.3 Å². The molecule has 94 valence electrons. The van der Waals surface area contributed by atoms with Crippen LogP contribution < -0.4 is 10.5 Å². The number of rotatable bonds is 4. The monoisotopic (exact) mass is 236 g/mol. The van der Waals surface area contributed by atoms with E-state index < -0.39 is 0 Å². The maximum Gasteiger partial charge on any atom is 0.121 e.